The molecule has 1 aromatic rings. The van der Waals surface area contributed by atoms with Gasteiger partial charge in [0.25, 0.3) is 0 Å². The zero-order valence-corrected chi connectivity index (χ0v) is 10.3. The molecular weight excluding hydrogens is 200 g/mol. The fourth-order valence-corrected chi connectivity index (χ4v) is 2.16. The predicted molar refractivity (Wildman–Crippen MR) is 64.4 cm³/mol. The topological polar surface area (TPSA) is 23.6 Å². The highest BCUT2D eigenvalue weighted by Crippen LogP contribution is 2.28. The number of urea groups is 1. The van der Waals surface area contributed by atoms with E-state index >= 15 is 0 Å². The Hall–Kier alpha value is -1.51. The fraction of sp³-hybridized carbons (Fsp3) is 0.462. The standard InChI is InChI=1S/C13H18N2O/c1-9-5-6-11(7-10(9)2)12-8-14(3)13(16)15(12)4/h5-7,12H,8H2,1-4H3. The van der Waals surface area contributed by atoms with Crippen molar-refractivity contribution >= 4 is 6.03 Å². The minimum Gasteiger partial charge on any atom is -0.325 e. The van der Waals surface area contributed by atoms with Crippen molar-refractivity contribution in [1.29, 1.82) is 0 Å². The molecule has 0 radical (unpaired) electrons. The Labute approximate surface area is 96.7 Å². The van der Waals surface area contributed by atoms with Gasteiger partial charge in [-0.05, 0) is 30.5 Å². The molecule has 1 aliphatic rings. The van der Waals surface area contributed by atoms with Gasteiger partial charge in [0.2, 0.25) is 0 Å². The number of rotatable bonds is 1. The molecule has 1 unspecified atom stereocenters. The van der Waals surface area contributed by atoms with Crippen LogP contribution in [0.2, 0.25) is 0 Å². The van der Waals surface area contributed by atoms with Crippen LogP contribution < -0.4 is 0 Å². The first-order chi connectivity index (χ1) is 7.50. The van der Waals surface area contributed by atoms with E-state index in [9.17, 15) is 4.79 Å². The van der Waals surface area contributed by atoms with E-state index in [4.69, 9.17) is 0 Å². The highest BCUT2D eigenvalue weighted by molar-refractivity contribution is 5.76. The quantitative estimate of drug-likeness (QED) is 0.709. The van der Waals surface area contributed by atoms with E-state index in [0.29, 0.717) is 0 Å². The molecule has 0 spiro atoms. The molecule has 0 N–H and O–H groups in total. The highest BCUT2D eigenvalue weighted by Gasteiger charge is 2.32. The second-order valence-corrected chi connectivity index (χ2v) is 4.63. The van der Waals surface area contributed by atoms with E-state index in [2.05, 4.69) is 32.0 Å². The Kier molecular flexibility index (Phi) is 2.62. The monoisotopic (exact) mass is 218 g/mol. The lowest BCUT2D eigenvalue weighted by Gasteiger charge is -2.19. The third-order valence-corrected chi connectivity index (χ3v) is 3.46. The number of carbonyl (C=O) groups is 1. The molecule has 2 amide bonds. The van der Waals surface area contributed by atoms with Crippen LogP contribution in [0.15, 0.2) is 18.2 Å². The van der Waals surface area contributed by atoms with Crippen molar-refractivity contribution in [3.8, 4) is 0 Å². The number of benzene rings is 1. The van der Waals surface area contributed by atoms with Crippen molar-refractivity contribution in [3.05, 3.63) is 34.9 Å². The van der Waals surface area contributed by atoms with E-state index in [-0.39, 0.29) is 12.1 Å². The Morgan fingerprint density at radius 3 is 2.38 bits per heavy atom. The zero-order valence-electron chi connectivity index (χ0n) is 10.3. The third kappa shape index (κ3) is 1.66. The number of aryl methyl sites for hydroxylation is 2. The number of nitrogens with zero attached hydrogens (tertiary/aromatic N) is 2. The van der Waals surface area contributed by atoms with E-state index in [1.165, 1.54) is 16.7 Å². The van der Waals surface area contributed by atoms with Crippen molar-refractivity contribution in [1.82, 2.24) is 9.80 Å². The van der Waals surface area contributed by atoms with Crippen LogP contribution >= 0.6 is 0 Å². The molecule has 16 heavy (non-hydrogen) atoms. The van der Waals surface area contributed by atoms with Crippen molar-refractivity contribution in [2.45, 2.75) is 19.9 Å². The minimum absolute atomic E-state index is 0.100. The first-order valence-corrected chi connectivity index (χ1v) is 5.56. The third-order valence-electron chi connectivity index (χ3n) is 3.46. The van der Waals surface area contributed by atoms with Gasteiger partial charge in [-0.25, -0.2) is 4.79 Å². The van der Waals surface area contributed by atoms with E-state index in [1.54, 1.807) is 4.90 Å². The molecule has 1 aliphatic heterocycles. The Morgan fingerprint density at radius 2 is 1.88 bits per heavy atom. The van der Waals surface area contributed by atoms with E-state index in [0.717, 1.165) is 6.54 Å². The van der Waals surface area contributed by atoms with Crippen LogP contribution in [0.1, 0.15) is 22.7 Å². The zero-order chi connectivity index (χ0) is 11.9. The van der Waals surface area contributed by atoms with Crippen molar-refractivity contribution < 1.29 is 4.79 Å². The van der Waals surface area contributed by atoms with Crippen LogP contribution in [0.25, 0.3) is 0 Å². The van der Waals surface area contributed by atoms with Crippen LogP contribution in [0, 0.1) is 13.8 Å². The normalized spacial score (nSPS) is 20.8. The van der Waals surface area contributed by atoms with Crippen LogP contribution in [0.3, 0.4) is 0 Å². The van der Waals surface area contributed by atoms with Gasteiger partial charge in [0, 0.05) is 20.6 Å². The van der Waals surface area contributed by atoms with E-state index in [1.807, 2.05) is 19.0 Å². The van der Waals surface area contributed by atoms with Gasteiger partial charge in [-0.1, -0.05) is 18.2 Å². The van der Waals surface area contributed by atoms with Gasteiger partial charge in [-0.2, -0.15) is 0 Å². The lowest BCUT2D eigenvalue weighted by molar-refractivity contribution is 0.201. The SMILES string of the molecule is Cc1ccc(C2CN(C)C(=O)N2C)cc1C. The van der Waals surface area contributed by atoms with Gasteiger partial charge < -0.3 is 9.80 Å². The summed E-state index contributed by atoms with van der Waals surface area (Å²) in [5, 5.41) is 0. The Balaban J connectivity index is 2.32. The summed E-state index contributed by atoms with van der Waals surface area (Å²) in [6, 6.07) is 6.72. The molecular formula is C13H18N2O. The minimum atomic E-state index is 0.100. The molecule has 86 valence electrons. The molecule has 1 aromatic carbocycles. The van der Waals surface area contributed by atoms with Crippen LogP contribution in [0.5, 0.6) is 0 Å². The van der Waals surface area contributed by atoms with Crippen molar-refractivity contribution in [3.63, 3.8) is 0 Å². The lowest BCUT2D eigenvalue weighted by atomic mass is 10.0. The Bertz CT molecular complexity index is 428. The summed E-state index contributed by atoms with van der Waals surface area (Å²) in [4.78, 5) is 15.3. The molecule has 1 heterocycles. The second-order valence-electron chi connectivity index (χ2n) is 4.63. The second kappa shape index (κ2) is 3.81. The molecule has 0 bridgehead atoms. The molecule has 3 nitrogen and oxygen atoms in total. The van der Waals surface area contributed by atoms with Crippen molar-refractivity contribution in [2.24, 2.45) is 0 Å². The van der Waals surface area contributed by atoms with Gasteiger partial charge in [0.15, 0.2) is 0 Å². The summed E-state index contributed by atoms with van der Waals surface area (Å²) in [6.45, 7) is 4.99. The van der Waals surface area contributed by atoms with Gasteiger partial charge in [0.1, 0.15) is 0 Å². The molecule has 0 aliphatic carbocycles. The summed E-state index contributed by atoms with van der Waals surface area (Å²) < 4.78 is 0. The van der Waals surface area contributed by atoms with Crippen molar-refractivity contribution in [2.75, 3.05) is 20.6 Å². The maximum absolute atomic E-state index is 11.7. The summed E-state index contributed by atoms with van der Waals surface area (Å²) in [5.41, 5.74) is 3.81. The molecule has 1 fully saturated rings. The molecule has 3 heteroatoms. The average molecular weight is 218 g/mol. The first-order valence-electron chi connectivity index (χ1n) is 5.56. The smallest absolute Gasteiger partial charge is 0.320 e. The predicted octanol–water partition coefficient (Wildman–Crippen LogP) is 2.34. The van der Waals surface area contributed by atoms with Crippen LogP contribution in [-0.4, -0.2) is 36.5 Å². The number of hydrogen-bond acceptors (Lipinski definition) is 1. The van der Waals surface area contributed by atoms with Crippen LogP contribution in [0.4, 0.5) is 4.79 Å². The van der Waals surface area contributed by atoms with Gasteiger partial charge in [-0.3, -0.25) is 0 Å². The van der Waals surface area contributed by atoms with Crippen LogP contribution in [-0.2, 0) is 0 Å². The van der Waals surface area contributed by atoms with E-state index < -0.39 is 0 Å². The molecule has 1 saturated heterocycles. The van der Waals surface area contributed by atoms with Gasteiger partial charge in [-0.15, -0.1) is 0 Å². The maximum Gasteiger partial charge on any atom is 0.320 e. The fourth-order valence-electron chi connectivity index (χ4n) is 2.16. The molecule has 1 atom stereocenters. The summed E-state index contributed by atoms with van der Waals surface area (Å²) in [5.74, 6) is 0. The van der Waals surface area contributed by atoms with Gasteiger partial charge >= 0.3 is 6.03 Å². The first kappa shape index (κ1) is 11.0. The lowest BCUT2D eigenvalue weighted by Crippen LogP contribution is -2.26. The van der Waals surface area contributed by atoms with Gasteiger partial charge in [0.05, 0.1) is 6.04 Å². The maximum atomic E-state index is 11.7. The number of likely N-dealkylation sites (N-methyl/N-ethyl adjacent to an activating group) is 2. The largest absolute Gasteiger partial charge is 0.325 e. The number of amides is 2. The summed E-state index contributed by atoms with van der Waals surface area (Å²) in [7, 11) is 3.71. The summed E-state index contributed by atoms with van der Waals surface area (Å²) >= 11 is 0. The summed E-state index contributed by atoms with van der Waals surface area (Å²) in [6.07, 6.45) is 0. The molecule has 0 saturated carbocycles. The average Bonchev–Trinajstić information content (AvgIpc) is 2.50. The number of carbonyl (C=O) groups excluding carboxylic acids is 1. The molecule has 2 rings (SSSR count). The molecule has 0 aromatic heterocycles. The highest BCUT2D eigenvalue weighted by atomic mass is 16.2. The number of hydrogen-bond donors (Lipinski definition) is 0. The Morgan fingerprint density at radius 1 is 1.19 bits per heavy atom.